The zero-order valence-electron chi connectivity index (χ0n) is 18.7. The standard InChI is InChI=1S/C23H32N2O6/c1-5-7-8-12-15-23(30-3,21(27)28)19(6-2)24-18(16-17-13-10-9-11-14-17)20(26)25(31-4)22(24)29/h9-11,13-14,16,19H,5-8,12,15H2,1-4H3,(H,27,28). The number of urea groups is 1. The Morgan fingerprint density at radius 2 is 1.81 bits per heavy atom. The Labute approximate surface area is 183 Å². The Balaban J connectivity index is 2.54. The smallest absolute Gasteiger partial charge is 0.356 e. The molecule has 8 nitrogen and oxygen atoms in total. The Bertz CT molecular complexity index is 810. The molecule has 2 rings (SSSR count). The number of imide groups is 1. The van der Waals surface area contributed by atoms with Gasteiger partial charge in [-0.3, -0.25) is 14.5 Å². The second-order valence-electron chi connectivity index (χ2n) is 7.51. The lowest BCUT2D eigenvalue weighted by molar-refractivity contribution is -0.171. The van der Waals surface area contributed by atoms with Crippen molar-refractivity contribution in [1.82, 2.24) is 9.96 Å². The summed E-state index contributed by atoms with van der Waals surface area (Å²) in [6.07, 6.45) is 5.55. The first kappa shape index (κ1) is 24.6. The van der Waals surface area contributed by atoms with Crippen LogP contribution in [-0.2, 0) is 19.2 Å². The molecule has 0 bridgehead atoms. The predicted octanol–water partition coefficient (Wildman–Crippen LogP) is 4.07. The average Bonchev–Trinajstić information content (AvgIpc) is 3.00. The van der Waals surface area contributed by atoms with E-state index in [1.807, 2.05) is 18.2 Å². The van der Waals surface area contributed by atoms with E-state index >= 15 is 0 Å². The number of rotatable bonds is 12. The van der Waals surface area contributed by atoms with Crippen LogP contribution >= 0.6 is 0 Å². The van der Waals surface area contributed by atoms with Gasteiger partial charge in [-0.15, -0.1) is 5.06 Å². The van der Waals surface area contributed by atoms with Gasteiger partial charge in [0.1, 0.15) is 5.70 Å². The summed E-state index contributed by atoms with van der Waals surface area (Å²) in [4.78, 5) is 44.8. The lowest BCUT2D eigenvalue weighted by atomic mass is 9.85. The number of carboxylic acid groups (broad SMARTS) is 1. The maximum absolute atomic E-state index is 13.1. The second kappa shape index (κ2) is 11.1. The third-order valence-corrected chi connectivity index (χ3v) is 5.69. The van der Waals surface area contributed by atoms with Crippen LogP contribution in [0.15, 0.2) is 36.0 Å². The summed E-state index contributed by atoms with van der Waals surface area (Å²) in [5.74, 6) is -1.80. The van der Waals surface area contributed by atoms with Gasteiger partial charge >= 0.3 is 17.9 Å². The molecule has 1 aliphatic rings. The number of nitrogens with zero attached hydrogens (tertiary/aromatic N) is 2. The fourth-order valence-electron chi connectivity index (χ4n) is 4.07. The summed E-state index contributed by atoms with van der Waals surface area (Å²) in [5.41, 5.74) is -0.892. The number of hydrogen-bond donors (Lipinski definition) is 1. The minimum absolute atomic E-state index is 0.0566. The zero-order chi connectivity index (χ0) is 23.0. The van der Waals surface area contributed by atoms with Crippen molar-refractivity contribution in [2.24, 2.45) is 0 Å². The second-order valence-corrected chi connectivity index (χ2v) is 7.51. The largest absolute Gasteiger partial charge is 0.479 e. The number of hydroxylamine groups is 2. The van der Waals surface area contributed by atoms with Crippen LogP contribution in [0.2, 0.25) is 0 Å². The van der Waals surface area contributed by atoms with E-state index in [1.165, 1.54) is 19.1 Å². The monoisotopic (exact) mass is 432 g/mol. The summed E-state index contributed by atoms with van der Waals surface area (Å²) in [6, 6.07) is 7.44. The fourth-order valence-corrected chi connectivity index (χ4v) is 4.07. The summed E-state index contributed by atoms with van der Waals surface area (Å²) in [5, 5.41) is 10.8. The van der Waals surface area contributed by atoms with Crippen LogP contribution in [0, 0.1) is 0 Å². The summed E-state index contributed by atoms with van der Waals surface area (Å²) in [6.45, 7) is 3.85. The van der Waals surface area contributed by atoms with Gasteiger partial charge in [0.25, 0.3) is 0 Å². The van der Waals surface area contributed by atoms with E-state index in [-0.39, 0.29) is 18.5 Å². The van der Waals surface area contributed by atoms with Crippen molar-refractivity contribution in [2.45, 2.75) is 64.0 Å². The molecule has 1 aromatic carbocycles. The molecule has 0 saturated carbocycles. The highest BCUT2D eigenvalue weighted by molar-refractivity contribution is 6.13. The zero-order valence-corrected chi connectivity index (χ0v) is 18.7. The van der Waals surface area contributed by atoms with Crippen molar-refractivity contribution in [3.05, 3.63) is 41.6 Å². The van der Waals surface area contributed by atoms with Crippen LogP contribution in [0.5, 0.6) is 0 Å². The molecule has 1 heterocycles. The van der Waals surface area contributed by atoms with E-state index in [1.54, 1.807) is 25.1 Å². The van der Waals surface area contributed by atoms with Crippen molar-refractivity contribution < 1.29 is 29.1 Å². The Hall–Kier alpha value is -2.71. The molecule has 0 radical (unpaired) electrons. The van der Waals surface area contributed by atoms with Crippen LogP contribution in [-0.4, -0.2) is 58.8 Å². The molecule has 1 aliphatic heterocycles. The van der Waals surface area contributed by atoms with E-state index in [9.17, 15) is 19.5 Å². The van der Waals surface area contributed by atoms with Gasteiger partial charge in [0.05, 0.1) is 13.2 Å². The number of amides is 3. The molecule has 0 spiro atoms. The van der Waals surface area contributed by atoms with Crippen LogP contribution in [0.25, 0.3) is 6.08 Å². The third kappa shape index (κ3) is 4.97. The van der Waals surface area contributed by atoms with Gasteiger partial charge in [-0.25, -0.2) is 9.59 Å². The van der Waals surface area contributed by atoms with E-state index in [0.717, 1.165) is 19.3 Å². The molecule has 3 amide bonds. The van der Waals surface area contributed by atoms with Crippen LogP contribution in [0.3, 0.4) is 0 Å². The maximum Gasteiger partial charge on any atom is 0.356 e. The molecule has 1 fully saturated rings. The topological polar surface area (TPSA) is 96.4 Å². The normalized spacial score (nSPS) is 18.5. The number of carbonyl (C=O) groups excluding carboxylic acids is 2. The SMILES string of the molecule is CCCCCCC(OC)(C(=O)O)C(CC)N1C(=O)N(OC)C(=O)C1=Cc1ccccc1. The molecule has 170 valence electrons. The minimum atomic E-state index is -1.65. The van der Waals surface area contributed by atoms with Gasteiger partial charge in [-0.05, 0) is 30.9 Å². The number of unbranched alkanes of at least 4 members (excludes halogenated alkanes) is 3. The number of aliphatic carboxylic acids is 1. The van der Waals surface area contributed by atoms with Crippen molar-refractivity contribution >= 4 is 24.0 Å². The number of carbonyl (C=O) groups is 3. The van der Waals surface area contributed by atoms with E-state index in [0.29, 0.717) is 17.0 Å². The fraction of sp³-hybridized carbons (Fsp3) is 0.522. The van der Waals surface area contributed by atoms with E-state index in [4.69, 9.17) is 9.57 Å². The maximum atomic E-state index is 13.1. The Kier molecular flexibility index (Phi) is 8.76. The van der Waals surface area contributed by atoms with Crippen molar-refractivity contribution in [2.75, 3.05) is 14.2 Å². The first-order valence-corrected chi connectivity index (χ1v) is 10.6. The number of benzene rings is 1. The molecule has 8 heteroatoms. The lowest BCUT2D eigenvalue weighted by Gasteiger charge is -2.40. The van der Waals surface area contributed by atoms with Gasteiger partial charge in [0, 0.05) is 7.11 Å². The highest BCUT2D eigenvalue weighted by atomic mass is 16.7. The molecular formula is C23H32N2O6. The molecule has 0 aliphatic carbocycles. The quantitative estimate of drug-likeness (QED) is 0.304. The molecule has 2 unspecified atom stereocenters. The van der Waals surface area contributed by atoms with Gasteiger partial charge < -0.3 is 9.84 Å². The molecule has 1 saturated heterocycles. The van der Waals surface area contributed by atoms with Gasteiger partial charge in [-0.1, -0.05) is 63.4 Å². The van der Waals surface area contributed by atoms with E-state index < -0.39 is 29.6 Å². The highest BCUT2D eigenvalue weighted by Gasteiger charge is 2.55. The number of carboxylic acids is 1. The Morgan fingerprint density at radius 3 is 2.32 bits per heavy atom. The third-order valence-electron chi connectivity index (χ3n) is 5.69. The highest BCUT2D eigenvalue weighted by Crippen LogP contribution is 2.36. The van der Waals surface area contributed by atoms with Gasteiger partial charge in [0.15, 0.2) is 5.60 Å². The van der Waals surface area contributed by atoms with Crippen molar-refractivity contribution in [1.29, 1.82) is 0 Å². The molecule has 1 N–H and O–H groups in total. The molecule has 31 heavy (non-hydrogen) atoms. The predicted molar refractivity (Wildman–Crippen MR) is 116 cm³/mol. The van der Waals surface area contributed by atoms with Crippen molar-refractivity contribution in [3.8, 4) is 0 Å². The first-order chi connectivity index (χ1) is 14.9. The summed E-state index contributed by atoms with van der Waals surface area (Å²) in [7, 11) is 2.57. The Morgan fingerprint density at radius 1 is 1.13 bits per heavy atom. The van der Waals surface area contributed by atoms with E-state index in [2.05, 4.69) is 6.92 Å². The lowest BCUT2D eigenvalue weighted by Crippen LogP contribution is -2.58. The van der Waals surface area contributed by atoms with Crippen LogP contribution in [0.4, 0.5) is 4.79 Å². The molecular weight excluding hydrogens is 400 g/mol. The minimum Gasteiger partial charge on any atom is -0.479 e. The molecule has 1 aromatic rings. The average molecular weight is 433 g/mol. The number of hydrogen-bond acceptors (Lipinski definition) is 5. The summed E-state index contributed by atoms with van der Waals surface area (Å²) >= 11 is 0. The first-order valence-electron chi connectivity index (χ1n) is 10.6. The number of methoxy groups -OCH3 is 1. The summed E-state index contributed by atoms with van der Waals surface area (Å²) < 4.78 is 5.60. The molecule has 0 aromatic heterocycles. The van der Waals surface area contributed by atoms with Gasteiger partial charge in [-0.2, -0.15) is 0 Å². The van der Waals surface area contributed by atoms with Gasteiger partial charge in [0.2, 0.25) is 0 Å². The van der Waals surface area contributed by atoms with Crippen molar-refractivity contribution in [3.63, 3.8) is 0 Å². The molecule has 2 atom stereocenters. The van der Waals surface area contributed by atoms with Crippen LogP contribution < -0.4 is 0 Å². The number of ether oxygens (including phenoxy) is 1. The van der Waals surface area contributed by atoms with Crippen LogP contribution in [0.1, 0.15) is 57.9 Å².